The van der Waals surface area contributed by atoms with Gasteiger partial charge in [0.2, 0.25) is 0 Å². The maximum atomic E-state index is 13.0. The lowest BCUT2D eigenvalue weighted by Gasteiger charge is -2.44. The highest BCUT2D eigenvalue weighted by Gasteiger charge is 2.32. The minimum atomic E-state index is 0.134. The smallest absolute Gasteiger partial charge is 0.256 e. The number of ether oxygens (including phenoxy) is 1. The molecule has 0 saturated carbocycles. The maximum absolute atomic E-state index is 13.0. The summed E-state index contributed by atoms with van der Waals surface area (Å²) in [5, 5.41) is 0.945. The highest BCUT2D eigenvalue weighted by molar-refractivity contribution is 6.08. The molecule has 5 nitrogen and oxygen atoms in total. The molecule has 0 aliphatic carbocycles. The van der Waals surface area contributed by atoms with Gasteiger partial charge in [0.15, 0.2) is 0 Å². The molecule has 3 heterocycles. The molecule has 5 heteroatoms. The van der Waals surface area contributed by atoms with Crippen LogP contribution in [0.2, 0.25) is 0 Å². The number of amides is 1. The monoisotopic (exact) mass is 313 g/mol. The summed E-state index contributed by atoms with van der Waals surface area (Å²) in [5.74, 6) is 0.911. The zero-order valence-corrected chi connectivity index (χ0v) is 13.5. The number of para-hydroxylation sites is 1. The van der Waals surface area contributed by atoms with Crippen molar-refractivity contribution in [2.75, 3.05) is 33.3 Å². The molecule has 2 saturated heterocycles. The highest BCUT2D eigenvalue weighted by atomic mass is 16.5. The second kappa shape index (κ2) is 5.89. The van der Waals surface area contributed by atoms with E-state index in [9.17, 15) is 4.79 Å². The minimum Gasteiger partial charge on any atom is -0.495 e. The van der Waals surface area contributed by atoms with E-state index in [0.717, 1.165) is 41.9 Å². The zero-order valence-electron chi connectivity index (χ0n) is 13.5. The first kappa shape index (κ1) is 14.6. The number of fused-ring (bicyclic) bond motifs is 2. The fraction of sp³-hybridized carbons (Fsp3) is 0.500. The Morgan fingerprint density at radius 2 is 2.17 bits per heavy atom. The van der Waals surface area contributed by atoms with Crippen molar-refractivity contribution in [1.29, 1.82) is 0 Å². The molecule has 1 atom stereocenters. The van der Waals surface area contributed by atoms with E-state index in [0.29, 0.717) is 6.04 Å². The van der Waals surface area contributed by atoms with Crippen LogP contribution in [0.15, 0.2) is 24.4 Å². The number of nitrogens with zero attached hydrogens (tertiary/aromatic N) is 2. The quantitative estimate of drug-likeness (QED) is 0.926. The molecule has 2 aliphatic heterocycles. The van der Waals surface area contributed by atoms with Gasteiger partial charge < -0.3 is 14.6 Å². The van der Waals surface area contributed by atoms with Crippen LogP contribution in [0.1, 0.15) is 29.6 Å². The largest absolute Gasteiger partial charge is 0.495 e. The Morgan fingerprint density at radius 3 is 3.04 bits per heavy atom. The predicted molar refractivity (Wildman–Crippen MR) is 90.0 cm³/mol. The van der Waals surface area contributed by atoms with E-state index in [2.05, 4.69) is 9.88 Å². The number of rotatable bonds is 2. The lowest BCUT2D eigenvalue weighted by atomic mass is 9.99. The molecule has 2 aliphatic rings. The van der Waals surface area contributed by atoms with E-state index < -0.39 is 0 Å². The number of piperazine rings is 1. The number of benzene rings is 1. The van der Waals surface area contributed by atoms with Crippen LogP contribution >= 0.6 is 0 Å². The van der Waals surface area contributed by atoms with Gasteiger partial charge in [-0.3, -0.25) is 9.69 Å². The van der Waals surface area contributed by atoms with Crippen molar-refractivity contribution >= 4 is 16.8 Å². The van der Waals surface area contributed by atoms with Gasteiger partial charge in [0.1, 0.15) is 5.75 Å². The number of carbonyl (C=O) groups is 1. The van der Waals surface area contributed by atoms with E-state index >= 15 is 0 Å². The molecular weight excluding hydrogens is 290 g/mol. The average Bonchev–Trinajstić information content (AvgIpc) is 3.04. The molecule has 1 aromatic carbocycles. The van der Waals surface area contributed by atoms with Gasteiger partial charge in [-0.1, -0.05) is 18.6 Å². The molecule has 0 radical (unpaired) electrons. The van der Waals surface area contributed by atoms with Gasteiger partial charge in [-0.05, 0) is 25.5 Å². The van der Waals surface area contributed by atoms with Crippen LogP contribution in [0.4, 0.5) is 0 Å². The van der Waals surface area contributed by atoms with Crippen LogP contribution in [0.3, 0.4) is 0 Å². The molecular formula is C18H23N3O2. The molecule has 122 valence electrons. The second-order valence-electron chi connectivity index (χ2n) is 6.52. The lowest BCUT2D eigenvalue weighted by molar-refractivity contribution is 0.0374. The number of carbonyl (C=O) groups excluding carboxylic acids is 1. The number of H-pyrrole nitrogens is 1. The van der Waals surface area contributed by atoms with Crippen LogP contribution in [0.25, 0.3) is 10.9 Å². The Kier molecular flexibility index (Phi) is 3.73. The van der Waals surface area contributed by atoms with Crippen molar-refractivity contribution in [2.45, 2.75) is 25.3 Å². The van der Waals surface area contributed by atoms with Crippen molar-refractivity contribution in [1.82, 2.24) is 14.8 Å². The average molecular weight is 313 g/mol. The molecule has 4 rings (SSSR count). The van der Waals surface area contributed by atoms with E-state index in [1.165, 1.54) is 25.8 Å². The van der Waals surface area contributed by atoms with Crippen molar-refractivity contribution in [3.8, 4) is 5.75 Å². The summed E-state index contributed by atoms with van der Waals surface area (Å²) in [6, 6.07) is 6.37. The van der Waals surface area contributed by atoms with Gasteiger partial charge in [0, 0.05) is 37.3 Å². The third-order valence-corrected chi connectivity index (χ3v) is 5.25. The van der Waals surface area contributed by atoms with E-state index in [4.69, 9.17) is 4.74 Å². The van der Waals surface area contributed by atoms with Crippen molar-refractivity contribution in [2.24, 2.45) is 0 Å². The molecule has 1 aromatic heterocycles. The SMILES string of the molecule is COc1cccc2c(C(=O)N3CCN4CCCC[C@H]4C3)c[nH]c12. The number of methoxy groups -OCH3 is 1. The molecule has 1 N–H and O–H groups in total. The first-order valence-corrected chi connectivity index (χ1v) is 8.45. The van der Waals surface area contributed by atoms with Gasteiger partial charge in [-0.25, -0.2) is 0 Å². The Labute approximate surface area is 136 Å². The zero-order chi connectivity index (χ0) is 15.8. The number of aromatic nitrogens is 1. The number of hydrogen-bond acceptors (Lipinski definition) is 3. The number of nitrogens with one attached hydrogen (secondary N) is 1. The van der Waals surface area contributed by atoms with Crippen LogP contribution in [0.5, 0.6) is 5.75 Å². The number of piperidine rings is 1. The third-order valence-electron chi connectivity index (χ3n) is 5.25. The molecule has 2 aromatic rings. The Morgan fingerprint density at radius 1 is 1.26 bits per heavy atom. The van der Waals surface area contributed by atoms with E-state index in [-0.39, 0.29) is 5.91 Å². The van der Waals surface area contributed by atoms with Crippen LogP contribution in [-0.2, 0) is 0 Å². The summed E-state index contributed by atoms with van der Waals surface area (Å²) in [6.45, 7) is 3.88. The highest BCUT2D eigenvalue weighted by Crippen LogP contribution is 2.29. The third kappa shape index (κ3) is 2.49. The molecule has 0 unspecified atom stereocenters. The van der Waals surface area contributed by atoms with Crippen molar-refractivity contribution in [3.63, 3.8) is 0 Å². The van der Waals surface area contributed by atoms with Gasteiger partial charge >= 0.3 is 0 Å². The van der Waals surface area contributed by atoms with Crippen molar-refractivity contribution in [3.05, 3.63) is 30.0 Å². The minimum absolute atomic E-state index is 0.134. The van der Waals surface area contributed by atoms with E-state index in [1.807, 2.05) is 29.3 Å². The molecule has 0 spiro atoms. The molecule has 2 fully saturated rings. The second-order valence-corrected chi connectivity index (χ2v) is 6.52. The first-order chi connectivity index (χ1) is 11.3. The number of aromatic amines is 1. The Balaban J connectivity index is 1.60. The van der Waals surface area contributed by atoms with Crippen LogP contribution in [0, 0.1) is 0 Å². The number of hydrogen-bond donors (Lipinski definition) is 1. The van der Waals surface area contributed by atoms with Gasteiger partial charge in [0.25, 0.3) is 5.91 Å². The van der Waals surface area contributed by atoms with E-state index in [1.54, 1.807) is 7.11 Å². The molecule has 23 heavy (non-hydrogen) atoms. The summed E-state index contributed by atoms with van der Waals surface area (Å²) >= 11 is 0. The summed E-state index contributed by atoms with van der Waals surface area (Å²) in [7, 11) is 1.65. The lowest BCUT2D eigenvalue weighted by Crippen LogP contribution is -2.56. The van der Waals surface area contributed by atoms with Crippen molar-refractivity contribution < 1.29 is 9.53 Å². The molecule has 1 amide bonds. The topological polar surface area (TPSA) is 48.6 Å². The Hall–Kier alpha value is -2.01. The summed E-state index contributed by atoms with van der Waals surface area (Å²) in [6.07, 6.45) is 5.62. The standard InChI is InChI=1S/C18H23N3O2/c1-23-16-7-4-6-14-15(11-19-17(14)16)18(22)21-10-9-20-8-3-2-5-13(20)12-21/h4,6-7,11,13,19H,2-3,5,8-10,12H2,1H3/t13-/m0/s1. The fourth-order valence-electron chi connectivity index (χ4n) is 3.98. The van der Waals surface area contributed by atoms with Crippen LogP contribution in [-0.4, -0.2) is 60.0 Å². The summed E-state index contributed by atoms with van der Waals surface area (Å²) in [5.41, 5.74) is 1.65. The first-order valence-electron chi connectivity index (χ1n) is 8.45. The van der Waals surface area contributed by atoms with Gasteiger partial charge in [0.05, 0.1) is 18.2 Å². The fourth-order valence-corrected chi connectivity index (χ4v) is 3.98. The van der Waals surface area contributed by atoms with Gasteiger partial charge in [-0.2, -0.15) is 0 Å². The maximum Gasteiger partial charge on any atom is 0.256 e. The molecule has 0 bridgehead atoms. The predicted octanol–water partition coefficient (Wildman–Crippen LogP) is 2.49. The Bertz CT molecular complexity index is 724. The normalized spacial score (nSPS) is 22.1. The van der Waals surface area contributed by atoms with Gasteiger partial charge in [-0.15, -0.1) is 0 Å². The summed E-state index contributed by atoms with van der Waals surface area (Å²) < 4.78 is 5.37. The summed E-state index contributed by atoms with van der Waals surface area (Å²) in [4.78, 5) is 20.8. The van der Waals surface area contributed by atoms with Crippen LogP contribution < -0.4 is 4.74 Å².